The fourth-order valence-corrected chi connectivity index (χ4v) is 0.264. The minimum Gasteiger partial charge on any atom is -0.357 e. The van der Waals surface area contributed by atoms with Crippen LogP contribution in [0, 0.1) is 0 Å². The quantitative estimate of drug-likeness (QED) is 0.315. The van der Waals surface area contributed by atoms with Gasteiger partial charge >= 0.3 is 6.03 Å². The summed E-state index contributed by atoms with van der Waals surface area (Å²) in [7, 11) is 0. The molecule has 0 radical (unpaired) electrons. The molecule has 0 fully saturated rings. The highest BCUT2D eigenvalue weighted by Crippen LogP contribution is 1.69. The maximum Gasteiger partial charge on any atom is 0.313 e. The van der Waals surface area contributed by atoms with Crippen LogP contribution in [-0.2, 0) is 4.74 Å². The Morgan fingerprint density at radius 1 is 1.89 bits per heavy atom. The van der Waals surface area contributed by atoms with Gasteiger partial charge in [0.05, 0.1) is 6.61 Å². The maximum absolute atomic E-state index is 9.97. The molecule has 4 nitrogen and oxygen atoms in total. The predicted molar refractivity (Wildman–Crippen MR) is 33.7 cm³/mol. The molecule has 0 aliphatic heterocycles. The smallest absolute Gasteiger partial charge is 0.313 e. The summed E-state index contributed by atoms with van der Waals surface area (Å²) in [6, 6.07) is -0.584. The molecule has 0 bridgehead atoms. The van der Waals surface area contributed by atoms with Crippen LogP contribution in [0.4, 0.5) is 4.79 Å². The highest BCUT2D eigenvalue weighted by molar-refractivity contribution is 5.71. The molecule has 52 valence electrons. The molecule has 0 spiro atoms. The molecule has 0 atom stereocenters. The summed E-state index contributed by atoms with van der Waals surface area (Å²) in [4.78, 5) is 9.97. The number of rotatable bonds is 4. The molecule has 2 amide bonds. The van der Waals surface area contributed by atoms with Crippen LogP contribution in [0.15, 0.2) is 12.7 Å². The van der Waals surface area contributed by atoms with Crippen LogP contribution in [0.5, 0.6) is 0 Å². The van der Waals surface area contributed by atoms with Gasteiger partial charge in [-0.15, -0.1) is 6.58 Å². The lowest BCUT2D eigenvalue weighted by atomic mass is 10.7. The van der Waals surface area contributed by atoms with E-state index < -0.39 is 6.03 Å². The molecule has 0 aliphatic carbocycles. The summed E-state index contributed by atoms with van der Waals surface area (Å²) in [5, 5.41) is 2.25. The largest absolute Gasteiger partial charge is 0.357 e. The number of nitrogens with one attached hydrogen (secondary N) is 1. The van der Waals surface area contributed by atoms with Gasteiger partial charge in [-0.3, -0.25) is 0 Å². The molecule has 3 N–H and O–H groups in total. The standard InChI is InChI=1S/C5H10N2O2/c1-2-3-9-4-7-5(6)8/h2H,1,3-4H2,(H3,6,7,8). The zero-order chi connectivity index (χ0) is 7.11. The number of urea groups is 1. The summed E-state index contributed by atoms with van der Waals surface area (Å²) < 4.78 is 4.76. The minimum absolute atomic E-state index is 0.140. The van der Waals surface area contributed by atoms with Crippen molar-refractivity contribution >= 4 is 6.03 Å². The molecule has 0 aromatic carbocycles. The Kier molecular flexibility index (Phi) is 4.53. The molecular weight excluding hydrogens is 120 g/mol. The van der Waals surface area contributed by atoms with Crippen LogP contribution in [0.2, 0.25) is 0 Å². The van der Waals surface area contributed by atoms with E-state index in [0.717, 1.165) is 0 Å². The molecule has 0 aromatic rings. The van der Waals surface area contributed by atoms with E-state index in [1.807, 2.05) is 0 Å². The van der Waals surface area contributed by atoms with E-state index in [0.29, 0.717) is 6.61 Å². The van der Waals surface area contributed by atoms with Crippen LogP contribution in [-0.4, -0.2) is 19.4 Å². The van der Waals surface area contributed by atoms with Gasteiger partial charge in [0.15, 0.2) is 0 Å². The highest BCUT2D eigenvalue weighted by atomic mass is 16.5. The SMILES string of the molecule is C=CCOCNC(N)=O. The summed E-state index contributed by atoms with van der Waals surface area (Å²) in [5.74, 6) is 0. The second kappa shape index (κ2) is 5.11. The van der Waals surface area contributed by atoms with E-state index in [1.54, 1.807) is 6.08 Å². The Morgan fingerprint density at radius 2 is 2.56 bits per heavy atom. The number of carbonyl (C=O) groups is 1. The van der Waals surface area contributed by atoms with Crippen molar-refractivity contribution in [1.82, 2.24) is 5.32 Å². The first-order valence-electron chi connectivity index (χ1n) is 2.49. The molecule has 0 aromatic heterocycles. The Labute approximate surface area is 53.7 Å². The highest BCUT2D eigenvalue weighted by Gasteiger charge is 1.86. The summed E-state index contributed by atoms with van der Waals surface area (Å²) in [5.41, 5.74) is 4.72. The average molecular weight is 130 g/mol. The third kappa shape index (κ3) is 6.97. The van der Waals surface area contributed by atoms with Gasteiger partial charge in [0, 0.05) is 0 Å². The second-order valence-corrected chi connectivity index (χ2v) is 1.34. The third-order valence-corrected chi connectivity index (χ3v) is 0.584. The molecule has 0 saturated carbocycles. The normalized spacial score (nSPS) is 8.44. The molecule has 0 heterocycles. The van der Waals surface area contributed by atoms with Gasteiger partial charge in [0.1, 0.15) is 6.73 Å². The maximum atomic E-state index is 9.97. The van der Waals surface area contributed by atoms with Gasteiger partial charge in [-0.05, 0) is 0 Å². The van der Waals surface area contributed by atoms with Crippen molar-refractivity contribution in [1.29, 1.82) is 0 Å². The number of amides is 2. The van der Waals surface area contributed by atoms with Gasteiger partial charge in [0.25, 0.3) is 0 Å². The molecule has 0 aliphatic rings. The Morgan fingerprint density at radius 3 is 3.00 bits per heavy atom. The number of hydrogen-bond acceptors (Lipinski definition) is 2. The topological polar surface area (TPSA) is 64.3 Å². The van der Waals surface area contributed by atoms with E-state index in [2.05, 4.69) is 11.9 Å². The average Bonchev–Trinajstić information content (AvgIpc) is 1.80. The van der Waals surface area contributed by atoms with Gasteiger partial charge in [-0.1, -0.05) is 6.08 Å². The van der Waals surface area contributed by atoms with Gasteiger partial charge in [-0.25, -0.2) is 4.79 Å². The fraction of sp³-hybridized carbons (Fsp3) is 0.400. The second-order valence-electron chi connectivity index (χ2n) is 1.34. The molecular formula is C5H10N2O2. The zero-order valence-corrected chi connectivity index (χ0v) is 5.09. The van der Waals surface area contributed by atoms with Crippen LogP contribution < -0.4 is 11.1 Å². The summed E-state index contributed by atoms with van der Waals surface area (Å²) >= 11 is 0. The molecule has 4 heteroatoms. The number of carbonyl (C=O) groups excluding carboxylic acids is 1. The van der Waals surface area contributed by atoms with Crippen LogP contribution in [0.1, 0.15) is 0 Å². The van der Waals surface area contributed by atoms with E-state index >= 15 is 0 Å². The van der Waals surface area contributed by atoms with Crippen molar-refractivity contribution in [2.24, 2.45) is 5.73 Å². The molecule has 0 unspecified atom stereocenters. The fourth-order valence-electron chi connectivity index (χ4n) is 0.264. The van der Waals surface area contributed by atoms with Crippen molar-refractivity contribution in [2.45, 2.75) is 0 Å². The Balaban J connectivity index is 2.91. The van der Waals surface area contributed by atoms with Crippen molar-refractivity contribution in [3.63, 3.8) is 0 Å². The lowest BCUT2D eigenvalue weighted by Crippen LogP contribution is -2.31. The molecule has 9 heavy (non-hydrogen) atoms. The third-order valence-electron chi connectivity index (χ3n) is 0.584. The number of nitrogens with two attached hydrogens (primary N) is 1. The first-order chi connectivity index (χ1) is 4.27. The zero-order valence-electron chi connectivity index (χ0n) is 5.09. The number of primary amides is 1. The van der Waals surface area contributed by atoms with E-state index in [1.165, 1.54) is 0 Å². The Bertz CT molecular complexity index is 103. The van der Waals surface area contributed by atoms with Gasteiger partial charge in [0.2, 0.25) is 0 Å². The van der Waals surface area contributed by atoms with E-state index in [-0.39, 0.29) is 6.73 Å². The van der Waals surface area contributed by atoms with Crippen molar-refractivity contribution in [2.75, 3.05) is 13.3 Å². The van der Waals surface area contributed by atoms with Crippen LogP contribution >= 0.6 is 0 Å². The first-order valence-corrected chi connectivity index (χ1v) is 2.49. The monoisotopic (exact) mass is 130 g/mol. The van der Waals surface area contributed by atoms with Crippen LogP contribution in [0.3, 0.4) is 0 Å². The van der Waals surface area contributed by atoms with Crippen molar-refractivity contribution in [3.05, 3.63) is 12.7 Å². The Hall–Kier alpha value is -1.03. The van der Waals surface area contributed by atoms with E-state index in [9.17, 15) is 4.79 Å². The van der Waals surface area contributed by atoms with Crippen molar-refractivity contribution < 1.29 is 9.53 Å². The van der Waals surface area contributed by atoms with Crippen LogP contribution in [0.25, 0.3) is 0 Å². The van der Waals surface area contributed by atoms with Crippen molar-refractivity contribution in [3.8, 4) is 0 Å². The molecule has 0 rings (SSSR count). The summed E-state index contributed by atoms with van der Waals surface area (Å²) in [6.07, 6.45) is 1.59. The molecule has 0 saturated heterocycles. The number of ether oxygens (including phenoxy) is 1. The lowest BCUT2D eigenvalue weighted by molar-refractivity contribution is 0.146. The van der Waals surface area contributed by atoms with Gasteiger partial charge < -0.3 is 15.8 Å². The minimum atomic E-state index is -0.584. The first kappa shape index (κ1) is 7.97. The number of hydrogen-bond donors (Lipinski definition) is 2. The van der Waals surface area contributed by atoms with Gasteiger partial charge in [-0.2, -0.15) is 0 Å². The predicted octanol–water partition coefficient (Wildman–Crippen LogP) is -0.185. The summed E-state index contributed by atoms with van der Waals surface area (Å²) in [6.45, 7) is 3.97. The van der Waals surface area contributed by atoms with E-state index in [4.69, 9.17) is 10.5 Å². The lowest BCUT2D eigenvalue weighted by Gasteiger charge is -1.99.